The number of anilines is 1. The van der Waals surface area contributed by atoms with Gasteiger partial charge in [0.1, 0.15) is 16.8 Å². The van der Waals surface area contributed by atoms with Crippen LogP contribution < -0.4 is 4.90 Å². The summed E-state index contributed by atoms with van der Waals surface area (Å²) in [6.45, 7) is 13.8. The molecule has 0 amide bonds. The van der Waals surface area contributed by atoms with Crippen molar-refractivity contribution in [3.63, 3.8) is 0 Å². The van der Waals surface area contributed by atoms with Gasteiger partial charge in [0.2, 0.25) is 0 Å². The molecule has 0 radical (unpaired) electrons. The largest absolute Gasteiger partial charge is 0.354 e. The summed E-state index contributed by atoms with van der Waals surface area (Å²) in [7, 11) is 0. The quantitative estimate of drug-likeness (QED) is 0.781. The van der Waals surface area contributed by atoms with Gasteiger partial charge in [-0.1, -0.05) is 39.3 Å². The van der Waals surface area contributed by atoms with E-state index in [1.165, 1.54) is 0 Å². The Labute approximate surface area is 120 Å². The van der Waals surface area contributed by atoms with Gasteiger partial charge in [-0.3, -0.25) is 0 Å². The molecule has 1 fully saturated rings. The molecule has 4 nitrogen and oxygen atoms in total. The summed E-state index contributed by atoms with van der Waals surface area (Å²) < 4.78 is 0. The van der Waals surface area contributed by atoms with E-state index in [9.17, 15) is 0 Å². The van der Waals surface area contributed by atoms with Crippen molar-refractivity contribution >= 4 is 17.4 Å². The van der Waals surface area contributed by atoms with Crippen LogP contribution in [0.5, 0.6) is 0 Å². The fraction of sp³-hybridized carbons (Fsp3) is 0.714. The number of piperazine rings is 1. The van der Waals surface area contributed by atoms with E-state index in [4.69, 9.17) is 16.6 Å². The van der Waals surface area contributed by atoms with E-state index >= 15 is 0 Å². The maximum absolute atomic E-state index is 6.14. The minimum Gasteiger partial charge on any atom is -0.354 e. The molecule has 5 heteroatoms. The molecule has 1 aliphatic heterocycles. The van der Waals surface area contributed by atoms with E-state index in [1.807, 2.05) is 6.07 Å². The maximum Gasteiger partial charge on any atom is 0.137 e. The third kappa shape index (κ3) is 3.57. The molecule has 0 bridgehead atoms. The van der Waals surface area contributed by atoms with Crippen LogP contribution in [-0.2, 0) is 5.41 Å². The zero-order valence-corrected chi connectivity index (χ0v) is 13.0. The van der Waals surface area contributed by atoms with Gasteiger partial charge in [0.25, 0.3) is 0 Å². The Morgan fingerprint density at radius 1 is 1.16 bits per heavy atom. The van der Waals surface area contributed by atoms with Crippen molar-refractivity contribution in [2.24, 2.45) is 0 Å². The third-order valence-corrected chi connectivity index (χ3v) is 3.69. The van der Waals surface area contributed by atoms with Crippen LogP contribution in [0.1, 0.15) is 33.5 Å². The van der Waals surface area contributed by atoms with E-state index in [1.54, 1.807) is 0 Å². The Hall–Kier alpha value is -0.870. The molecule has 1 aliphatic rings. The minimum absolute atomic E-state index is 0.0785. The topological polar surface area (TPSA) is 32.3 Å². The maximum atomic E-state index is 6.14. The summed E-state index contributed by atoms with van der Waals surface area (Å²) >= 11 is 6.14. The fourth-order valence-corrected chi connectivity index (χ4v) is 2.37. The Morgan fingerprint density at radius 2 is 1.79 bits per heavy atom. The zero-order valence-electron chi connectivity index (χ0n) is 12.3. The summed E-state index contributed by atoms with van der Waals surface area (Å²) in [5, 5.41) is 0.535. The van der Waals surface area contributed by atoms with Gasteiger partial charge < -0.3 is 9.80 Å². The first kappa shape index (κ1) is 14.5. The summed E-state index contributed by atoms with van der Waals surface area (Å²) in [5.41, 5.74) is -0.0785. The first-order chi connectivity index (χ1) is 8.90. The van der Waals surface area contributed by atoms with Crippen LogP contribution in [0.25, 0.3) is 0 Å². The molecular formula is C14H23ClN4. The van der Waals surface area contributed by atoms with Crippen LogP contribution in [0.3, 0.4) is 0 Å². The molecule has 106 valence electrons. The molecule has 1 saturated heterocycles. The normalized spacial score (nSPS) is 17.8. The van der Waals surface area contributed by atoms with Crippen molar-refractivity contribution in [1.29, 1.82) is 0 Å². The average molecular weight is 283 g/mol. The predicted molar refractivity (Wildman–Crippen MR) is 80.1 cm³/mol. The van der Waals surface area contributed by atoms with Gasteiger partial charge in [-0.15, -0.1) is 0 Å². The molecule has 0 spiro atoms. The third-order valence-electron chi connectivity index (χ3n) is 3.50. The molecule has 0 atom stereocenters. The number of likely N-dealkylation sites (N-methyl/N-ethyl adjacent to an activating group) is 1. The second kappa shape index (κ2) is 5.63. The van der Waals surface area contributed by atoms with Crippen LogP contribution in [0, 0.1) is 0 Å². The molecule has 1 aromatic rings. The predicted octanol–water partition coefficient (Wildman–Crippen LogP) is 2.57. The van der Waals surface area contributed by atoms with Gasteiger partial charge >= 0.3 is 0 Å². The highest BCUT2D eigenvalue weighted by Crippen LogP contribution is 2.24. The van der Waals surface area contributed by atoms with Crippen LogP contribution in [0.4, 0.5) is 5.82 Å². The average Bonchev–Trinajstić information content (AvgIpc) is 2.37. The van der Waals surface area contributed by atoms with Gasteiger partial charge in [-0.05, 0) is 6.54 Å². The first-order valence-corrected chi connectivity index (χ1v) is 7.30. The molecule has 1 aromatic heterocycles. The highest BCUT2D eigenvalue weighted by Gasteiger charge is 2.22. The lowest BCUT2D eigenvalue weighted by Crippen LogP contribution is -2.46. The summed E-state index contributed by atoms with van der Waals surface area (Å²) in [6, 6.07) is 1.87. The van der Waals surface area contributed by atoms with E-state index in [2.05, 4.69) is 42.5 Å². The smallest absolute Gasteiger partial charge is 0.137 e. The van der Waals surface area contributed by atoms with Crippen LogP contribution in [0.15, 0.2) is 6.07 Å². The Balaban J connectivity index is 2.19. The van der Waals surface area contributed by atoms with Crippen molar-refractivity contribution in [3.8, 4) is 0 Å². The summed E-state index contributed by atoms with van der Waals surface area (Å²) in [5.74, 6) is 1.77. The Kier molecular flexibility index (Phi) is 4.31. The lowest BCUT2D eigenvalue weighted by atomic mass is 9.96. The van der Waals surface area contributed by atoms with E-state index in [-0.39, 0.29) is 5.41 Å². The van der Waals surface area contributed by atoms with Crippen LogP contribution in [-0.4, -0.2) is 47.6 Å². The summed E-state index contributed by atoms with van der Waals surface area (Å²) in [6.07, 6.45) is 0. The molecule has 2 rings (SSSR count). The monoisotopic (exact) mass is 282 g/mol. The van der Waals surface area contributed by atoms with Crippen molar-refractivity contribution in [2.75, 3.05) is 37.6 Å². The SMILES string of the molecule is CCN1CCN(c2cc(Cl)nc(C(C)(C)C)n2)CC1. The highest BCUT2D eigenvalue weighted by atomic mass is 35.5. The minimum atomic E-state index is -0.0785. The summed E-state index contributed by atoms with van der Waals surface area (Å²) in [4.78, 5) is 13.8. The van der Waals surface area contributed by atoms with Gasteiger partial charge in [-0.25, -0.2) is 9.97 Å². The number of halogens is 1. The molecule has 0 N–H and O–H groups in total. The zero-order chi connectivity index (χ0) is 14.0. The van der Waals surface area contributed by atoms with Gasteiger partial charge in [0, 0.05) is 37.7 Å². The second-order valence-corrected chi connectivity index (χ2v) is 6.43. The van der Waals surface area contributed by atoms with Crippen LogP contribution in [0.2, 0.25) is 5.15 Å². The molecule has 19 heavy (non-hydrogen) atoms. The fourth-order valence-electron chi connectivity index (χ4n) is 2.20. The standard InChI is InChI=1S/C14H23ClN4/c1-5-18-6-8-19(9-7-18)12-10-11(15)16-13(17-12)14(2,3)4/h10H,5-9H2,1-4H3. The molecule has 0 unspecified atom stereocenters. The molecular weight excluding hydrogens is 260 g/mol. The van der Waals surface area contributed by atoms with Crippen molar-refractivity contribution in [1.82, 2.24) is 14.9 Å². The lowest BCUT2D eigenvalue weighted by Gasteiger charge is -2.35. The van der Waals surface area contributed by atoms with Gasteiger partial charge in [-0.2, -0.15) is 0 Å². The number of nitrogens with zero attached hydrogens (tertiary/aromatic N) is 4. The van der Waals surface area contributed by atoms with Crippen molar-refractivity contribution < 1.29 is 0 Å². The Morgan fingerprint density at radius 3 is 2.32 bits per heavy atom. The number of rotatable bonds is 2. The molecule has 0 saturated carbocycles. The number of aromatic nitrogens is 2. The second-order valence-electron chi connectivity index (χ2n) is 6.04. The lowest BCUT2D eigenvalue weighted by molar-refractivity contribution is 0.270. The van der Waals surface area contributed by atoms with Gasteiger partial charge in [0.05, 0.1) is 0 Å². The molecule has 0 aliphatic carbocycles. The van der Waals surface area contributed by atoms with Crippen LogP contribution >= 0.6 is 11.6 Å². The molecule has 2 heterocycles. The number of hydrogen-bond acceptors (Lipinski definition) is 4. The van der Waals surface area contributed by atoms with E-state index in [0.717, 1.165) is 44.4 Å². The Bertz CT molecular complexity index is 434. The molecule has 0 aromatic carbocycles. The van der Waals surface area contributed by atoms with E-state index in [0.29, 0.717) is 5.15 Å². The first-order valence-electron chi connectivity index (χ1n) is 6.92. The van der Waals surface area contributed by atoms with Crippen molar-refractivity contribution in [2.45, 2.75) is 33.1 Å². The van der Waals surface area contributed by atoms with Gasteiger partial charge in [0.15, 0.2) is 0 Å². The highest BCUT2D eigenvalue weighted by molar-refractivity contribution is 6.29. The van der Waals surface area contributed by atoms with E-state index < -0.39 is 0 Å². The number of hydrogen-bond donors (Lipinski definition) is 0. The van der Waals surface area contributed by atoms with Crippen molar-refractivity contribution in [3.05, 3.63) is 17.0 Å².